The van der Waals surface area contributed by atoms with Crippen molar-refractivity contribution in [2.24, 2.45) is 0 Å². The van der Waals surface area contributed by atoms with E-state index in [9.17, 15) is 13.2 Å². The first-order valence-electron chi connectivity index (χ1n) is 11.6. The first kappa shape index (κ1) is 28.9. The van der Waals surface area contributed by atoms with E-state index in [0.29, 0.717) is 34.5 Å². The highest BCUT2D eigenvalue weighted by Gasteiger charge is 2.22. The Kier molecular flexibility index (Phi) is 9.92. The number of anilines is 2. The van der Waals surface area contributed by atoms with E-state index in [1.54, 1.807) is 29.2 Å². The second kappa shape index (κ2) is 12.7. The molecule has 0 aliphatic carbocycles. The zero-order valence-corrected chi connectivity index (χ0v) is 23.6. The fourth-order valence-electron chi connectivity index (χ4n) is 3.71. The smallest absolute Gasteiger partial charge is 0.261 e. The van der Waals surface area contributed by atoms with Gasteiger partial charge in [0, 0.05) is 29.4 Å². The fraction of sp³-hybridized carbons (Fsp3) is 0.231. The van der Waals surface area contributed by atoms with Crippen molar-refractivity contribution in [3.05, 3.63) is 83.4 Å². The zero-order valence-electron chi connectivity index (χ0n) is 20.4. The summed E-state index contributed by atoms with van der Waals surface area (Å²) in [5.41, 5.74) is 1.66. The summed E-state index contributed by atoms with van der Waals surface area (Å²) in [7, 11) is -3.78. The van der Waals surface area contributed by atoms with Gasteiger partial charge in [-0.25, -0.2) is 13.4 Å². The van der Waals surface area contributed by atoms with Gasteiger partial charge in [-0.3, -0.25) is 14.4 Å². The second-order valence-corrected chi connectivity index (χ2v) is 11.2. The van der Waals surface area contributed by atoms with Crippen molar-refractivity contribution in [1.29, 1.82) is 0 Å². The Morgan fingerprint density at radius 1 is 0.946 bits per heavy atom. The third kappa shape index (κ3) is 7.00. The second-order valence-electron chi connectivity index (χ2n) is 8.08. The molecule has 7 nitrogen and oxygen atoms in total. The Morgan fingerprint density at radius 2 is 1.59 bits per heavy atom. The lowest BCUT2D eigenvalue weighted by Gasteiger charge is -2.24. The molecule has 0 saturated carbocycles. The van der Waals surface area contributed by atoms with Gasteiger partial charge in [0.1, 0.15) is 0 Å². The van der Waals surface area contributed by atoms with Crippen LogP contribution in [0.1, 0.15) is 24.2 Å². The first-order chi connectivity index (χ1) is 17.3. The van der Waals surface area contributed by atoms with E-state index in [4.69, 9.17) is 16.6 Å². The summed E-state index contributed by atoms with van der Waals surface area (Å²) < 4.78 is 28.9. The van der Waals surface area contributed by atoms with E-state index >= 15 is 0 Å². The van der Waals surface area contributed by atoms with Crippen LogP contribution in [0.25, 0.3) is 10.2 Å². The number of likely N-dealkylation sites (N-methyl/N-ethyl adjacent to an activating group) is 1. The quantitative estimate of drug-likeness (QED) is 0.243. The minimum atomic E-state index is -3.78. The number of amides is 1. The fourth-order valence-corrected chi connectivity index (χ4v) is 5.88. The average molecular weight is 580 g/mol. The van der Waals surface area contributed by atoms with Crippen molar-refractivity contribution < 1.29 is 13.2 Å². The standard InChI is InChI=1S/C26H27ClN4O3S2.ClH/c1-3-30(4-2)17-18-31(26-28-23-7-5-6-8-24(23)35-26)25(32)19-9-13-21(14-10-19)29-36(33,34)22-15-11-20(27)12-16-22;/h5-16,29H,3-4,17-18H2,1-2H3;1H. The molecule has 0 atom stereocenters. The van der Waals surface area contributed by atoms with Gasteiger partial charge >= 0.3 is 0 Å². The number of fused-ring (bicyclic) bond motifs is 1. The Hall–Kier alpha value is -2.69. The molecule has 0 bridgehead atoms. The number of halogens is 2. The molecule has 0 radical (unpaired) electrons. The molecule has 37 heavy (non-hydrogen) atoms. The molecule has 196 valence electrons. The van der Waals surface area contributed by atoms with Gasteiger partial charge in [0.05, 0.1) is 15.1 Å². The lowest BCUT2D eigenvalue weighted by atomic mass is 10.2. The minimum Gasteiger partial charge on any atom is -0.302 e. The molecule has 0 unspecified atom stereocenters. The van der Waals surface area contributed by atoms with Crippen LogP contribution >= 0.6 is 35.3 Å². The molecule has 0 fully saturated rings. The molecule has 4 rings (SSSR count). The van der Waals surface area contributed by atoms with E-state index < -0.39 is 10.0 Å². The van der Waals surface area contributed by atoms with Gasteiger partial charge in [-0.2, -0.15) is 0 Å². The minimum absolute atomic E-state index is 0. The molecule has 1 N–H and O–H groups in total. The topological polar surface area (TPSA) is 82.6 Å². The molecule has 0 spiro atoms. The predicted molar refractivity (Wildman–Crippen MR) is 155 cm³/mol. The molecule has 1 aromatic heterocycles. The van der Waals surface area contributed by atoms with Crippen LogP contribution < -0.4 is 9.62 Å². The monoisotopic (exact) mass is 578 g/mol. The average Bonchev–Trinajstić information content (AvgIpc) is 3.31. The van der Waals surface area contributed by atoms with Crippen LogP contribution in [0.15, 0.2) is 77.7 Å². The van der Waals surface area contributed by atoms with Crippen LogP contribution in [0.3, 0.4) is 0 Å². The number of nitrogens with zero attached hydrogens (tertiary/aromatic N) is 3. The summed E-state index contributed by atoms with van der Waals surface area (Å²) in [5, 5.41) is 1.09. The highest BCUT2D eigenvalue weighted by Crippen LogP contribution is 2.30. The number of nitrogens with one attached hydrogen (secondary N) is 1. The van der Waals surface area contributed by atoms with Gasteiger partial charge in [0.25, 0.3) is 15.9 Å². The number of sulfonamides is 1. The van der Waals surface area contributed by atoms with Crippen LogP contribution in [0.5, 0.6) is 0 Å². The molecule has 0 saturated heterocycles. The number of benzene rings is 3. The van der Waals surface area contributed by atoms with E-state index in [-0.39, 0.29) is 23.2 Å². The van der Waals surface area contributed by atoms with Gasteiger partial charge in [-0.1, -0.05) is 48.9 Å². The molecule has 1 heterocycles. The maximum absolute atomic E-state index is 13.6. The van der Waals surface area contributed by atoms with Crippen LogP contribution in [0.2, 0.25) is 5.02 Å². The summed E-state index contributed by atoms with van der Waals surface area (Å²) in [4.78, 5) is 22.3. The molecule has 0 aliphatic heterocycles. The van der Waals surface area contributed by atoms with Crippen molar-refractivity contribution in [1.82, 2.24) is 9.88 Å². The lowest BCUT2D eigenvalue weighted by Crippen LogP contribution is -2.38. The first-order valence-corrected chi connectivity index (χ1v) is 14.3. The van der Waals surface area contributed by atoms with E-state index in [1.165, 1.54) is 35.6 Å². The SMILES string of the molecule is CCN(CC)CCN(C(=O)c1ccc(NS(=O)(=O)c2ccc(Cl)cc2)cc1)c1nc2ccccc2s1.Cl. The zero-order chi connectivity index (χ0) is 25.7. The molecule has 11 heteroatoms. The Morgan fingerprint density at radius 3 is 2.22 bits per heavy atom. The van der Waals surface area contributed by atoms with Crippen molar-refractivity contribution >= 4 is 72.3 Å². The molecular weight excluding hydrogens is 551 g/mol. The van der Waals surface area contributed by atoms with Crippen LogP contribution in [-0.2, 0) is 10.0 Å². The molecule has 4 aromatic rings. The van der Waals surface area contributed by atoms with Crippen LogP contribution in [0, 0.1) is 0 Å². The molecule has 3 aromatic carbocycles. The summed E-state index contributed by atoms with van der Waals surface area (Å²) >= 11 is 7.34. The number of carbonyl (C=O) groups is 1. The highest BCUT2D eigenvalue weighted by molar-refractivity contribution is 7.92. The number of para-hydroxylation sites is 1. The largest absolute Gasteiger partial charge is 0.302 e. The third-order valence-electron chi connectivity index (χ3n) is 5.80. The number of hydrogen-bond acceptors (Lipinski definition) is 6. The van der Waals surface area contributed by atoms with E-state index in [0.717, 1.165) is 23.3 Å². The number of thiazole rings is 1. The lowest BCUT2D eigenvalue weighted by molar-refractivity contribution is 0.0984. The Bertz CT molecular complexity index is 1410. The van der Waals surface area contributed by atoms with E-state index in [2.05, 4.69) is 23.5 Å². The van der Waals surface area contributed by atoms with Crippen molar-refractivity contribution in [2.45, 2.75) is 18.7 Å². The van der Waals surface area contributed by atoms with Gasteiger partial charge in [-0.05, 0) is 73.8 Å². The van der Waals surface area contributed by atoms with Gasteiger partial charge in [0.15, 0.2) is 5.13 Å². The summed E-state index contributed by atoms with van der Waals surface area (Å²) in [6, 6.07) is 20.1. The maximum Gasteiger partial charge on any atom is 0.261 e. The van der Waals surface area contributed by atoms with Gasteiger partial charge in [0.2, 0.25) is 0 Å². The highest BCUT2D eigenvalue weighted by atomic mass is 35.5. The summed E-state index contributed by atoms with van der Waals surface area (Å²) in [6.07, 6.45) is 0. The molecular formula is C26H28Cl2N4O3S2. The predicted octanol–water partition coefficient (Wildman–Crippen LogP) is 6.16. The number of hydrogen-bond donors (Lipinski definition) is 1. The van der Waals surface area contributed by atoms with Crippen molar-refractivity contribution in [3.63, 3.8) is 0 Å². The third-order valence-corrected chi connectivity index (χ3v) is 8.51. The van der Waals surface area contributed by atoms with Crippen molar-refractivity contribution in [2.75, 3.05) is 35.8 Å². The van der Waals surface area contributed by atoms with Gasteiger partial charge < -0.3 is 4.90 Å². The Balaban J connectivity index is 0.00000380. The normalized spacial score (nSPS) is 11.4. The van der Waals surface area contributed by atoms with E-state index in [1.807, 2.05) is 24.3 Å². The van der Waals surface area contributed by atoms with Crippen LogP contribution in [-0.4, -0.2) is 50.4 Å². The van der Waals surface area contributed by atoms with Gasteiger partial charge in [-0.15, -0.1) is 12.4 Å². The molecule has 0 aliphatic rings. The number of rotatable bonds is 10. The summed E-state index contributed by atoms with van der Waals surface area (Å²) in [6.45, 7) is 7.18. The Labute approximate surface area is 232 Å². The van der Waals surface area contributed by atoms with Crippen molar-refractivity contribution in [3.8, 4) is 0 Å². The van der Waals surface area contributed by atoms with Crippen LogP contribution in [0.4, 0.5) is 10.8 Å². The summed E-state index contributed by atoms with van der Waals surface area (Å²) in [5.74, 6) is -0.187. The maximum atomic E-state index is 13.6. The number of aromatic nitrogens is 1. The number of carbonyl (C=O) groups excluding carboxylic acids is 1. The molecule has 1 amide bonds.